The number of hydrogen-bond acceptors (Lipinski definition) is 4. The molecule has 130 valence electrons. The maximum absolute atomic E-state index is 2.69. The Hall–Kier alpha value is -0.160. The SMILES string of the molecule is CCN1CCN(C(C)CCN2CCN(C(C)(C)C)CC2)CC1. The monoisotopic (exact) mass is 310 g/mol. The smallest absolute Gasteiger partial charge is 0.0126 e. The van der Waals surface area contributed by atoms with Gasteiger partial charge in [0.2, 0.25) is 0 Å². The van der Waals surface area contributed by atoms with Crippen molar-refractivity contribution in [2.45, 2.75) is 52.6 Å². The first kappa shape index (κ1) is 18.2. The molecular weight excluding hydrogens is 272 g/mol. The second kappa shape index (κ2) is 8.09. The minimum Gasteiger partial charge on any atom is -0.301 e. The Morgan fingerprint density at radius 3 is 1.86 bits per heavy atom. The summed E-state index contributed by atoms with van der Waals surface area (Å²) in [4.78, 5) is 10.5. The number of piperazine rings is 2. The van der Waals surface area contributed by atoms with Gasteiger partial charge in [0.05, 0.1) is 0 Å². The molecule has 4 heteroatoms. The van der Waals surface area contributed by atoms with E-state index in [2.05, 4.69) is 54.2 Å². The standard InChI is InChI=1S/C18H38N4/c1-6-19-9-13-21(14-10-19)17(2)7-8-20-11-15-22(16-12-20)18(3,4)5/h17H,6-16H2,1-5H3. The first-order chi connectivity index (χ1) is 10.4. The normalized spacial score (nSPS) is 25.5. The molecule has 0 N–H and O–H groups in total. The van der Waals surface area contributed by atoms with Crippen molar-refractivity contribution in [2.24, 2.45) is 0 Å². The quantitative estimate of drug-likeness (QED) is 0.768. The molecule has 2 rings (SSSR count). The Morgan fingerprint density at radius 2 is 1.36 bits per heavy atom. The van der Waals surface area contributed by atoms with Crippen LogP contribution in [-0.2, 0) is 0 Å². The molecule has 0 spiro atoms. The Kier molecular flexibility index (Phi) is 6.69. The Labute approximate surface area is 138 Å². The van der Waals surface area contributed by atoms with Crippen molar-refractivity contribution < 1.29 is 0 Å². The lowest BCUT2D eigenvalue weighted by atomic mass is 10.0. The molecule has 2 fully saturated rings. The number of rotatable bonds is 5. The zero-order chi connectivity index (χ0) is 16.2. The van der Waals surface area contributed by atoms with Gasteiger partial charge in [0, 0.05) is 63.9 Å². The average Bonchev–Trinajstić information content (AvgIpc) is 2.52. The van der Waals surface area contributed by atoms with E-state index in [-0.39, 0.29) is 0 Å². The van der Waals surface area contributed by atoms with Gasteiger partial charge in [-0.1, -0.05) is 6.92 Å². The van der Waals surface area contributed by atoms with Gasteiger partial charge < -0.3 is 9.80 Å². The van der Waals surface area contributed by atoms with Gasteiger partial charge in [-0.15, -0.1) is 0 Å². The zero-order valence-electron chi connectivity index (χ0n) is 15.6. The molecule has 1 unspecified atom stereocenters. The summed E-state index contributed by atoms with van der Waals surface area (Å²) in [5.41, 5.74) is 0.332. The summed E-state index contributed by atoms with van der Waals surface area (Å²) in [5.74, 6) is 0. The van der Waals surface area contributed by atoms with Crippen LogP contribution in [0.2, 0.25) is 0 Å². The van der Waals surface area contributed by atoms with E-state index in [1.807, 2.05) is 0 Å². The van der Waals surface area contributed by atoms with Crippen molar-refractivity contribution in [3.63, 3.8) is 0 Å². The second-order valence-electron chi connectivity index (χ2n) is 8.11. The molecule has 0 amide bonds. The van der Waals surface area contributed by atoms with Gasteiger partial charge in [-0.25, -0.2) is 0 Å². The average molecular weight is 311 g/mol. The van der Waals surface area contributed by atoms with Gasteiger partial charge in [0.25, 0.3) is 0 Å². The van der Waals surface area contributed by atoms with Crippen LogP contribution in [0.5, 0.6) is 0 Å². The van der Waals surface area contributed by atoms with E-state index in [1.165, 1.54) is 71.9 Å². The first-order valence-electron chi connectivity index (χ1n) is 9.34. The summed E-state index contributed by atoms with van der Waals surface area (Å²) in [6, 6.07) is 0.736. The Bertz CT molecular complexity index is 310. The summed E-state index contributed by atoms with van der Waals surface area (Å²) in [7, 11) is 0. The molecule has 0 aromatic rings. The highest BCUT2D eigenvalue weighted by atomic mass is 15.3. The highest BCUT2D eigenvalue weighted by Crippen LogP contribution is 2.16. The van der Waals surface area contributed by atoms with Crippen LogP contribution in [0.25, 0.3) is 0 Å². The molecule has 0 saturated carbocycles. The van der Waals surface area contributed by atoms with Crippen molar-refractivity contribution in [1.82, 2.24) is 19.6 Å². The molecule has 0 aromatic carbocycles. The van der Waals surface area contributed by atoms with Crippen LogP contribution in [0.1, 0.15) is 41.0 Å². The predicted molar refractivity (Wildman–Crippen MR) is 95.5 cm³/mol. The van der Waals surface area contributed by atoms with Crippen LogP contribution >= 0.6 is 0 Å². The van der Waals surface area contributed by atoms with Crippen LogP contribution in [0, 0.1) is 0 Å². The summed E-state index contributed by atoms with van der Waals surface area (Å²) >= 11 is 0. The number of likely N-dealkylation sites (N-methyl/N-ethyl adjacent to an activating group) is 1. The molecule has 22 heavy (non-hydrogen) atoms. The molecule has 4 nitrogen and oxygen atoms in total. The molecule has 2 aliphatic heterocycles. The second-order valence-corrected chi connectivity index (χ2v) is 8.11. The van der Waals surface area contributed by atoms with E-state index in [9.17, 15) is 0 Å². The third-order valence-corrected chi connectivity index (χ3v) is 5.66. The fourth-order valence-electron chi connectivity index (χ4n) is 3.71. The molecule has 2 heterocycles. The third-order valence-electron chi connectivity index (χ3n) is 5.66. The topological polar surface area (TPSA) is 13.0 Å². The zero-order valence-corrected chi connectivity index (χ0v) is 15.6. The van der Waals surface area contributed by atoms with Crippen molar-refractivity contribution >= 4 is 0 Å². The molecule has 2 aliphatic rings. The van der Waals surface area contributed by atoms with E-state index in [0.29, 0.717) is 5.54 Å². The molecule has 2 saturated heterocycles. The summed E-state index contributed by atoms with van der Waals surface area (Å²) in [6.45, 7) is 24.1. The summed E-state index contributed by atoms with van der Waals surface area (Å²) < 4.78 is 0. The van der Waals surface area contributed by atoms with E-state index in [4.69, 9.17) is 0 Å². The van der Waals surface area contributed by atoms with Crippen molar-refractivity contribution in [1.29, 1.82) is 0 Å². The first-order valence-corrected chi connectivity index (χ1v) is 9.34. The molecule has 0 radical (unpaired) electrons. The Morgan fingerprint density at radius 1 is 0.818 bits per heavy atom. The molecular formula is C18H38N4. The third kappa shape index (κ3) is 5.19. The molecule has 0 aliphatic carbocycles. The van der Waals surface area contributed by atoms with E-state index in [1.54, 1.807) is 0 Å². The van der Waals surface area contributed by atoms with Crippen LogP contribution < -0.4 is 0 Å². The lowest BCUT2D eigenvalue weighted by molar-refractivity contribution is 0.0530. The number of hydrogen-bond donors (Lipinski definition) is 0. The predicted octanol–water partition coefficient (Wildman–Crippen LogP) is 1.82. The number of nitrogens with zero attached hydrogens (tertiary/aromatic N) is 4. The summed E-state index contributed by atoms with van der Waals surface area (Å²) in [6.07, 6.45) is 1.32. The largest absolute Gasteiger partial charge is 0.301 e. The van der Waals surface area contributed by atoms with Gasteiger partial charge in [-0.2, -0.15) is 0 Å². The molecule has 1 atom stereocenters. The highest BCUT2D eigenvalue weighted by Gasteiger charge is 2.26. The van der Waals surface area contributed by atoms with Gasteiger partial charge in [-0.05, 0) is 47.2 Å². The van der Waals surface area contributed by atoms with Crippen LogP contribution in [0.15, 0.2) is 0 Å². The van der Waals surface area contributed by atoms with Crippen molar-refractivity contribution in [2.75, 3.05) is 65.4 Å². The minimum absolute atomic E-state index is 0.332. The van der Waals surface area contributed by atoms with Gasteiger partial charge in [0.1, 0.15) is 0 Å². The van der Waals surface area contributed by atoms with Crippen LogP contribution in [0.4, 0.5) is 0 Å². The van der Waals surface area contributed by atoms with Crippen molar-refractivity contribution in [3.05, 3.63) is 0 Å². The maximum Gasteiger partial charge on any atom is 0.0126 e. The lowest BCUT2D eigenvalue weighted by Crippen LogP contribution is -2.54. The van der Waals surface area contributed by atoms with Gasteiger partial charge >= 0.3 is 0 Å². The van der Waals surface area contributed by atoms with E-state index < -0.39 is 0 Å². The highest BCUT2D eigenvalue weighted by molar-refractivity contribution is 4.83. The van der Waals surface area contributed by atoms with Crippen LogP contribution in [0.3, 0.4) is 0 Å². The lowest BCUT2D eigenvalue weighted by Gasteiger charge is -2.43. The maximum atomic E-state index is 2.69. The minimum atomic E-state index is 0.332. The fraction of sp³-hybridized carbons (Fsp3) is 1.00. The Balaban J connectivity index is 1.64. The fourth-order valence-corrected chi connectivity index (χ4v) is 3.71. The van der Waals surface area contributed by atoms with Gasteiger partial charge in [0.15, 0.2) is 0 Å². The van der Waals surface area contributed by atoms with E-state index in [0.717, 1.165) is 6.04 Å². The molecule has 0 aromatic heterocycles. The van der Waals surface area contributed by atoms with E-state index >= 15 is 0 Å². The molecule has 0 bridgehead atoms. The van der Waals surface area contributed by atoms with Gasteiger partial charge in [-0.3, -0.25) is 9.80 Å². The van der Waals surface area contributed by atoms with Crippen molar-refractivity contribution in [3.8, 4) is 0 Å². The summed E-state index contributed by atoms with van der Waals surface area (Å²) in [5, 5.41) is 0. The van der Waals surface area contributed by atoms with Crippen LogP contribution in [-0.4, -0.2) is 96.6 Å².